The molecule has 0 fully saturated rings. The van der Waals surface area contributed by atoms with E-state index in [0.29, 0.717) is 11.5 Å². The number of nitro benzene ring substituents is 1. The van der Waals surface area contributed by atoms with Crippen LogP contribution in [0.4, 0.5) is 5.69 Å². The molecule has 0 aliphatic heterocycles. The number of ether oxygens (including phenoxy) is 2. The number of hydrogen-bond donors (Lipinski definition) is 0. The zero-order valence-corrected chi connectivity index (χ0v) is 15.2. The maximum Gasteiger partial charge on any atom is 0.269 e. The lowest BCUT2D eigenvalue weighted by Crippen LogP contribution is -1.92. The molecule has 4 aromatic rings. The molecule has 4 aromatic carbocycles. The van der Waals surface area contributed by atoms with E-state index < -0.39 is 4.92 Å². The fourth-order valence-corrected chi connectivity index (χ4v) is 3.12. The smallest absolute Gasteiger partial charge is 0.269 e. The van der Waals surface area contributed by atoms with Gasteiger partial charge in [0.15, 0.2) is 0 Å². The molecule has 0 heterocycles. The highest BCUT2D eigenvalue weighted by molar-refractivity contribution is 5.95. The van der Waals surface area contributed by atoms with Crippen LogP contribution in [-0.2, 0) is 0 Å². The fourth-order valence-electron chi connectivity index (χ4n) is 3.12. The molecule has 0 saturated carbocycles. The lowest BCUT2D eigenvalue weighted by Gasteiger charge is -2.15. The van der Waals surface area contributed by atoms with Crippen molar-refractivity contribution < 1.29 is 14.4 Å². The summed E-state index contributed by atoms with van der Waals surface area (Å²) < 4.78 is 11.6. The summed E-state index contributed by atoms with van der Waals surface area (Å²) in [5, 5.41) is 12.9. The topological polar surface area (TPSA) is 61.6 Å². The van der Waals surface area contributed by atoms with Crippen LogP contribution in [0.25, 0.3) is 21.9 Å². The summed E-state index contributed by atoms with van der Waals surface area (Å²) in [5.41, 5.74) is 1.90. The Morgan fingerprint density at radius 1 is 0.821 bits per heavy atom. The number of rotatable bonds is 5. The van der Waals surface area contributed by atoms with Gasteiger partial charge in [-0.1, -0.05) is 42.5 Å². The van der Waals surface area contributed by atoms with Crippen LogP contribution in [0.3, 0.4) is 0 Å². The Morgan fingerprint density at radius 2 is 1.61 bits per heavy atom. The average Bonchev–Trinajstić information content (AvgIpc) is 2.74. The molecule has 138 valence electrons. The number of benzene rings is 4. The molecular weight excluding hydrogens is 354 g/mol. The monoisotopic (exact) mass is 371 g/mol. The van der Waals surface area contributed by atoms with E-state index >= 15 is 0 Å². The van der Waals surface area contributed by atoms with Crippen molar-refractivity contribution in [3.63, 3.8) is 0 Å². The van der Waals surface area contributed by atoms with E-state index in [4.69, 9.17) is 9.47 Å². The summed E-state index contributed by atoms with van der Waals surface area (Å²) in [7, 11) is 1.63. The van der Waals surface area contributed by atoms with E-state index in [1.54, 1.807) is 19.2 Å². The first-order valence-electron chi connectivity index (χ1n) is 8.74. The molecule has 0 radical (unpaired) electrons. The van der Waals surface area contributed by atoms with Gasteiger partial charge >= 0.3 is 0 Å². The summed E-state index contributed by atoms with van der Waals surface area (Å²) in [4.78, 5) is 10.5. The quantitative estimate of drug-likeness (QED) is 0.309. The van der Waals surface area contributed by atoms with Crippen LogP contribution in [0.2, 0.25) is 0 Å². The summed E-state index contributed by atoms with van der Waals surface area (Å²) in [5.74, 6) is 1.98. The summed E-state index contributed by atoms with van der Waals surface area (Å²) in [6, 6.07) is 25.9. The molecule has 28 heavy (non-hydrogen) atoms. The second-order valence-corrected chi connectivity index (χ2v) is 6.25. The lowest BCUT2D eigenvalue weighted by molar-refractivity contribution is -0.384. The summed E-state index contributed by atoms with van der Waals surface area (Å²) in [6.07, 6.45) is 0. The van der Waals surface area contributed by atoms with Gasteiger partial charge in [0.25, 0.3) is 5.69 Å². The molecule has 0 N–H and O–H groups in total. The van der Waals surface area contributed by atoms with Gasteiger partial charge in [0.2, 0.25) is 0 Å². The van der Waals surface area contributed by atoms with Crippen molar-refractivity contribution in [1.82, 2.24) is 0 Å². The highest BCUT2D eigenvalue weighted by atomic mass is 16.6. The zero-order chi connectivity index (χ0) is 19.5. The zero-order valence-electron chi connectivity index (χ0n) is 15.2. The normalized spacial score (nSPS) is 10.6. The van der Waals surface area contributed by atoms with Gasteiger partial charge in [-0.05, 0) is 41.3 Å². The number of nitrogens with zero attached hydrogens (tertiary/aromatic N) is 1. The molecule has 0 aliphatic carbocycles. The first-order valence-corrected chi connectivity index (χ1v) is 8.74. The van der Waals surface area contributed by atoms with Crippen molar-refractivity contribution in [1.29, 1.82) is 0 Å². The lowest BCUT2D eigenvalue weighted by atomic mass is 9.99. The van der Waals surface area contributed by atoms with Crippen LogP contribution < -0.4 is 9.47 Å². The van der Waals surface area contributed by atoms with Crippen molar-refractivity contribution in [2.24, 2.45) is 0 Å². The minimum absolute atomic E-state index is 0.0262. The van der Waals surface area contributed by atoms with Crippen molar-refractivity contribution in [2.45, 2.75) is 0 Å². The first-order chi connectivity index (χ1) is 13.7. The van der Waals surface area contributed by atoms with Gasteiger partial charge in [-0.2, -0.15) is 0 Å². The van der Waals surface area contributed by atoms with Crippen LogP contribution in [0.15, 0.2) is 84.9 Å². The fraction of sp³-hybridized carbons (Fsp3) is 0.0435. The van der Waals surface area contributed by atoms with Crippen molar-refractivity contribution in [3.8, 4) is 28.4 Å². The molecule has 0 unspecified atom stereocenters. The highest BCUT2D eigenvalue weighted by Crippen LogP contribution is 2.40. The molecule has 0 amide bonds. The van der Waals surface area contributed by atoms with Gasteiger partial charge < -0.3 is 9.47 Å². The van der Waals surface area contributed by atoms with Crippen molar-refractivity contribution in [2.75, 3.05) is 7.11 Å². The van der Waals surface area contributed by atoms with Crippen LogP contribution >= 0.6 is 0 Å². The molecule has 4 rings (SSSR count). The Labute approximate surface area is 161 Å². The molecule has 0 aliphatic rings. The SMILES string of the molecule is COc1cccc(-c2ccc3ccccc3c2Oc2ccc([N+](=O)[O-])cc2)c1. The Balaban J connectivity index is 1.85. The number of methoxy groups -OCH3 is 1. The third kappa shape index (κ3) is 3.38. The number of hydrogen-bond acceptors (Lipinski definition) is 4. The second-order valence-electron chi connectivity index (χ2n) is 6.25. The molecule has 0 atom stereocenters. The number of fused-ring (bicyclic) bond motifs is 1. The van der Waals surface area contributed by atoms with Crippen molar-refractivity contribution in [3.05, 3.63) is 95.0 Å². The Bertz CT molecular complexity index is 1150. The average molecular weight is 371 g/mol. The maximum atomic E-state index is 10.9. The minimum Gasteiger partial charge on any atom is -0.497 e. The first kappa shape index (κ1) is 17.5. The summed E-state index contributed by atoms with van der Waals surface area (Å²) in [6.45, 7) is 0. The van der Waals surface area contributed by atoms with E-state index in [0.717, 1.165) is 27.6 Å². The number of nitro groups is 1. The van der Waals surface area contributed by atoms with Gasteiger partial charge in [-0.25, -0.2) is 0 Å². The second kappa shape index (κ2) is 7.40. The van der Waals surface area contributed by atoms with Crippen LogP contribution in [-0.4, -0.2) is 12.0 Å². The molecular formula is C23H17NO4. The molecule has 0 spiro atoms. The van der Waals surface area contributed by atoms with Crippen LogP contribution in [0.1, 0.15) is 0 Å². The van der Waals surface area contributed by atoms with E-state index in [1.165, 1.54) is 12.1 Å². The van der Waals surface area contributed by atoms with Gasteiger partial charge in [-0.15, -0.1) is 0 Å². The third-order valence-electron chi connectivity index (χ3n) is 4.53. The van der Waals surface area contributed by atoms with E-state index in [9.17, 15) is 10.1 Å². The molecule has 0 aromatic heterocycles. The van der Waals surface area contributed by atoms with Gasteiger partial charge in [0.1, 0.15) is 17.2 Å². The molecule has 0 bridgehead atoms. The maximum absolute atomic E-state index is 10.9. The largest absolute Gasteiger partial charge is 0.497 e. The molecule has 5 heteroatoms. The predicted octanol–water partition coefficient (Wildman–Crippen LogP) is 6.22. The van der Waals surface area contributed by atoms with Crippen molar-refractivity contribution >= 4 is 16.5 Å². The van der Waals surface area contributed by atoms with E-state index in [-0.39, 0.29) is 5.69 Å². The third-order valence-corrected chi connectivity index (χ3v) is 4.53. The van der Waals surface area contributed by atoms with E-state index in [1.807, 2.05) is 60.7 Å². The van der Waals surface area contributed by atoms with Gasteiger partial charge in [-0.3, -0.25) is 10.1 Å². The highest BCUT2D eigenvalue weighted by Gasteiger charge is 2.14. The Kier molecular flexibility index (Phi) is 4.64. The van der Waals surface area contributed by atoms with Gasteiger partial charge in [0.05, 0.1) is 12.0 Å². The van der Waals surface area contributed by atoms with Crippen LogP contribution in [0.5, 0.6) is 17.2 Å². The van der Waals surface area contributed by atoms with Crippen LogP contribution in [0, 0.1) is 10.1 Å². The Morgan fingerprint density at radius 3 is 2.36 bits per heavy atom. The van der Waals surface area contributed by atoms with Gasteiger partial charge in [0, 0.05) is 23.1 Å². The Hall–Kier alpha value is -3.86. The number of non-ortho nitro benzene ring substituents is 1. The summed E-state index contributed by atoms with van der Waals surface area (Å²) >= 11 is 0. The van der Waals surface area contributed by atoms with E-state index in [2.05, 4.69) is 0 Å². The minimum atomic E-state index is -0.427. The predicted molar refractivity (Wildman–Crippen MR) is 109 cm³/mol. The standard InChI is InChI=1S/C23H17NO4/c1-27-20-7-4-6-17(15-20)22-14-9-16-5-2-3-8-21(16)23(22)28-19-12-10-18(11-13-19)24(25)26/h2-15H,1H3. The molecule has 5 nitrogen and oxygen atoms in total. The molecule has 0 saturated heterocycles.